The lowest BCUT2D eigenvalue weighted by atomic mass is 9.97. The number of aromatic nitrogens is 1. The zero-order valence-electron chi connectivity index (χ0n) is 15.2. The van der Waals surface area contributed by atoms with Gasteiger partial charge in [0.25, 0.3) is 0 Å². The molecule has 0 N–H and O–H groups in total. The summed E-state index contributed by atoms with van der Waals surface area (Å²) in [6.07, 6.45) is 2.82. The van der Waals surface area contributed by atoms with E-state index in [-0.39, 0.29) is 12.0 Å². The van der Waals surface area contributed by atoms with Gasteiger partial charge in [0.2, 0.25) is 0 Å². The fourth-order valence-corrected chi connectivity index (χ4v) is 2.42. The van der Waals surface area contributed by atoms with Gasteiger partial charge in [0.1, 0.15) is 11.3 Å². The van der Waals surface area contributed by atoms with Gasteiger partial charge in [-0.1, -0.05) is 5.92 Å². The van der Waals surface area contributed by atoms with Crippen molar-refractivity contribution >= 4 is 12.1 Å². The Kier molecular flexibility index (Phi) is 6.02. The third kappa shape index (κ3) is 5.79. The second-order valence-corrected chi connectivity index (χ2v) is 6.93. The Morgan fingerprint density at radius 2 is 1.92 bits per heavy atom. The van der Waals surface area contributed by atoms with E-state index in [1.165, 1.54) is 13.3 Å². The molecule has 0 radical (unpaired) electrons. The Labute approximate surface area is 148 Å². The summed E-state index contributed by atoms with van der Waals surface area (Å²) in [6, 6.07) is 3.35. The van der Waals surface area contributed by atoms with Gasteiger partial charge in [0.15, 0.2) is 0 Å². The number of carbonyl (C=O) groups is 2. The molecule has 25 heavy (non-hydrogen) atoms. The lowest BCUT2D eigenvalue weighted by Crippen LogP contribution is -2.41. The van der Waals surface area contributed by atoms with Crippen molar-refractivity contribution in [3.63, 3.8) is 0 Å². The largest absolute Gasteiger partial charge is 0.465 e. The minimum Gasteiger partial charge on any atom is -0.465 e. The molecule has 2 rings (SSSR count). The minimum atomic E-state index is -0.476. The summed E-state index contributed by atoms with van der Waals surface area (Å²) < 4.78 is 10.0. The quantitative estimate of drug-likeness (QED) is 0.579. The Hall–Kier alpha value is -2.55. The number of piperidine rings is 1. The maximum absolute atomic E-state index is 12.0. The molecule has 1 saturated heterocycles. The van der Waals surface area contributed by atoms with Gasteiger partial charge < -0.3 is 14.4 Å². The van der Waals surface area contributed by atoms with Crippen LogP contribution in [0.5, 0.6) is 0 Å². The van der Waals surface area contributed by atoms with Crippen LogP contribution in [0.25, 0.3) is 0 Å². The molecule has 2 heterocycles. The molecule has 6 nitrogen and oxygen atoms in total. The Balaban J connectivity index is 1.87. The van der Waals surface area contributed by atoms with Crippen LogP contribution in [-0.2, 0) is 9.47 Å². The first kappa shape index (κ1) is 18.8. The van der Waals surface area contributed by atoms with Crippen molar-refractivity contribution in [2.45, 2.75) is 39.2 Å². The van der Waals surface area contributed by atoms with Crippen LogP contribution in [0.15, 0.2) is 18.3 Å². The van der Waals surface area contributed by atoms with Crippen LogP contribution in [0.2, 0.25) is 0 Å². The number of pyridine rings is 1. The topological polar surface area (TPSA) is 68.7 Å². The van der Waals surface area contributed by atoms with Crippen molar-refractivity contribution in [2.24, 2.45) is 5.92 Å². The van der Waals surface area contributed by atoms with Gasteiger partial charge in [-0.3, -0.25) is 0 Å². The zero-order chi connectivity index (χ0) is 18.4. The third-order valence-corrected chi connectivity index (χ3v) is 3.74. The molecule has 6 heteroatoms. The fraction of sp³-hybridized carbons (Fsp3) is 0.526. The van der Waals surface area contributed by atoms with Gasteiger partial charge in [-0.15, -0.1) is 0 Å². The number of likely N-dealkylation sites (tertiary alicyclic amines) is 1. The van der Waals surface area contributed by atoms with Gasteiger partial charge in [0, 0.05) is 25.2 Å². The normalized spacial score (nSPS) is 15.1. The number of nitrogens with zero attached hydrogens (tertiary/aromatic N) is 2. The Morgan fingerprint density at radius 1 is 1.24 bits per heavy atom. The van der Waals surface area contributed by atoms with Gasteiger partial charge in [-0.25, -0.2) is 14.6 Å². The molecule has 1 aliphatic heterocycles. The van der Waals surface area contributed by atoms with Gasteiger partial charge in [-0.05, 0) is 51.7 Å². The van der Waals surface area contributed by atoms with Crippen molar-refractivity contribution < 1.29 is 19.1 Å². The number of ether oxygens (including phenoxy) is 2. The van der Waals surface area contributed by atoms with E-state index in [0.717, 1.165) is 12.8 Å². The van der Waals surface area contributed by atoms with Gasteiger partial charge in [-0.2, -0.15) is 0 Å². The molecule has 1 aromatic heterocycles. The number of carbonyl (C=O) groups excluding carboxylic acids is 2. The second kappa shape index (κ2) is 8.02. The molecule has 0 aromatic carbocycles. The molecule has 134 valence electrons. The highest BCUT2D eigenvalue weighted by Crippen LogP contribution is 2.19. The first-order chi connectivity index (χ1) is 11.8. The summed E-state index contributed by atoms with van der Waals surface area (Å²) in [5, 5.41) is 0. The molecular formula is C19H24N2O4. The fourth-order valence-electron chi connectivity index (χ4n) is 2.42. The first-order valence-corrected chi connectivity index (χ1v) is 8.32. The van der Waals surface area contributed by atoms with Crippen LogP contribution in [-0.4, -0.2) is 47.7 Å². The van der Waals surface area contributed by atoms with Crippen LogP contribution >= 0.6 is 0 Å². The average molecular weight is 344 g/mol. The van der Waals surface area contributed by atoms with E-state index < -0.39 is 11.6 Å². The number of hydrogen-bond acceptors (Lipinski definition) is 5. The number of methoxy groups -OCH3 is 1. The molecule has 0 unspecified atom stereocenters. The maximum atomic E-state index is 12.0. The highest BCUT2D eigenvalue weighted by Gasteiger charge is 2.26. The van der Waals surface area contributed by atoms with E-state index in [4.69, 9.17) is 4.74 Å². The molecule has 1 amide bonds. The average Bonchev–Trinajstić information content (AvgIpc) is 2.58. The minimum absolute atomic E-state index is 0.223. The summed E-state index contributed by atoms with van der Waals surface area (Å²) >= 11 is 0. The lowest BCUT2D eigenvalue weighted by Gasteiger charge is -2.31. The lowest BCUT2D eigenvalue weighted by molar-refractivity contribution is 0.0199. The molecule has 0 bridgehead atoms. The number of esters is 1. The molecule has 0 spiro atoms. The molecule has 1 fully saturated rings. The van der Waals surface area contributed by atoms with Crippen molar-refractivity contribution in [1.29, 1.82) is 0 Å². The molecule has 0 saturated carbocycles. The zero-order valence-corrected chi connectivity index (χ0v) is 15.2. The summed E-state index contributed by atoms with van der Waals surface area (Å²) in [7, 11) is 1.33. The number of hydrogen-bond donors (Lipinski definition) is 0. The predicted octanol–water partition coefficient (Wildman–Crippen LogP) is 2.87. The maximum Gasteiger partial charge on any atom is 0.410 e. The highest BCUT2D eigenvalue weighted by atomic mass is 16.6. The number of amides is 1. The SMILES string of the molecule is COC(=O)c1ccc(C#CC2CCN(C(=O)OC(C)(C)C)CC2)nc1. The van der Waals surface area contributed by atoms with E-state index in [1.807, 2.05) is 20.8 Å². The van der Waals surface area contributed by atoms with Crippen molar-refractivity contribution in [2.75, 3.05) is 20.2 Å². The van der Waals surface area contributed by atoms with Crippen LogP contribution in [0.4, 0.5) is 4.79 Å². The van der Waals surface area contributed by atoms with Crippen LogP contribution in [0, 0.1) is 17.8 Å². The van der Waals surface area contributed by atoms with Crippen LogP contribution in [0.1, 0.15) is 49.7 Å². The molecule has 1 aliphatic rings. The third-order valence-electron chi connectivity index (χ3n) is 3.74. The van der Waals surface area contributed by atoms with Gasteiger partial charge >= 0.3 is 12.1 Å². The summed E-state index contributed by atoms with van der Waals surface area (Å²) in [6.45, 7) is 6.87. The van der Waals surface area contributed by atoms with Crippen LogP contribution < -0.4 is 0 Å². The predicted molar refractivity (Wildman–Crippen MR) is 93.0 cm³/mol. The molecule has 0 aliphatic carbocycles. The standard InChI is InChI=1S/C19H24N2O4/c1-19(2,3)25-18(23)21-11-9-14(10-12-21)5-7-16-8-6-15(13-20-16)17(22)24-4/h6,8,13-14H,9-12H2,1-4H3. The van der Waals surface area contributed by atoms with E-state index in [0.29, 0.717) is 24.3 Å². The second-order valence-electron chi connectivity index (χ2n) is 6.93. The van der Waals surface area contributed by atoms with Crippen molar-refractivity contribution in [3.05, 3.63) is 29.6 Å². The Bertz CT molecular complexity index is 672. The molecule has 1 aromatic rings. The van der Waals surface area contributed by atoms with E-state index in [1.54, 1.807) is 17.0 Å². The summed E-state index contributed by atoms with van der Waals surface area (Å²) in [4.78, 5) is 29.3. The summed E-state index contributed by atoms with van der Waals surface area (Å²) in [5.41, 5.74) is 0.538. The van der Waals surface area contributed by atoms with E-state index >= 15 is 0 Å². The van der Waals surface area contributed by atoms with Crippen molar-refractivity contribution in [3.8, 4) is 11.8 Å². The monoisotopic (exact) mass is 344 g/mol. The Morgan fingerprint density at radius 3 is 2.44 bits per heavy atom. The molecular weight excluding hydrogens is 320 g/mol. The molecule has 0 atom stereocenters. The van der Waals surface area contributed by atoms with E-state index in [2.05, 4.69) is 21.6 Å². The first-order valence-electron chi connectivity index (χ1n) is 8.32. The van der Waals surface area contributed by atoms with Crippen molar-refractivity contribution in [1.82, 2.24) is 9.88 Å². The van der Waals surface area contributed by atoms with Gasteiger partial charge in [0.05, 0.1) is 12.7 Å². The smallest absolute Gasteiger partial charge is 0.410 e. The highest BCUT2D eigenvalue weighted by molar-refractivity contribution is 5.88. The van der Waals surface area contributed by atoms with E-state index in [9.17, 15) is 9.59 Å². The van der Waals surface area contributed by atoms with Crippen LogP contribution in [0.3, 0.4) is 0 Å². The number of rotatable bonds is 1. The summed E-state index contributed by atoms with van der Waals surface area (Å²) in [5.74, 6) is 6.04.